The zero-order valence-electron chi connectivity index (χ0n) is 11.8. The van der Waals surface area contributed by atoms with Gasteiger partial charge in [0.2, 0.25) is 11.8 Å². The van der Waals surface area contributed by atoms with Crippen LogP contribution in [0.3, 0.4) is 0 Å². The number of imide groups is 1. The SMILES string of the molecule is CNC(=O)NC(=O)[C@H](C)Sc1nnc(-c2ccc(Cl)cc2)o1. The first kappa shape index (κ1) is 16.3. The molecule has 0 aliphatic rings. The summed E-state index contributed by atoms with van der Waals surface area (Å²) in [6.45, 7) is 1.63. The normalized spacial score (nSPS) is 11.8. The summed E-state index contributed by atoms with van der Waals surface area (Å²) in [6.07, 6.45) is 0. The van der Waals surface area contributed by atoms with Crippen molar-refractivity contribution >= 4 is 35.3 Å². The van der Waals surface area contributed by atoms with Crippen LogP contribution in [0.4, 0.5) is 4.79 Å². The van der Waals surface area contributed by atoms with Gasteiger partial charge >= 0.3 is 6.03 Å². The molecule has 1 atom stereocenters. The highest BCUT2D eigenvalue weighted by molar-refractivity contribution is 8.00. The molecule has 0 radical (unpaired) electrons. The van der Waals surface area contributed by atoms with Crippen molar-refractivity contribution in [3.63, 3.8) is 0 Å². The Morgan fingerprint density at radius 2 is 1.95 bits per heavy atom. The molecule has 1 heterocycles. The van der Waals surface area contributed by atoms with Crippen LogP contribution in [0, 0.1) is 0 Å². The van der Waals surface area contributed by atoms with Crippen LogP contribution >= 0.6 is 23.4 Å². The molecule has 0 aliphatic heterocycles. The highest BCUT2D eigenvalue weighted by Crippen LogP contribution is 2.26. The minimum atomic E-state index is -0.565. The molecule has 2 N–H and O–H groups in total. The minimum Gasteiger partial charge on any atom is -0.411 e. The molecule has 0 saturated carbocycles. The number of nitrogens with zero attached hydrogens (tertiary/aromatic N) is 2. The van der Waals surface area contributed by atoms with Gasteiger partial charge in [-0.1, -0.05) is 23.4 Å². The van der Waals surface area contributed by atoms with Crippen LogP contribution < -0.4 is 10.6 Å². The molecule has 116 valence electrons. The van der Waals surface area contributed by atoms with E-state index >= 15 is 0 Å². The van der Waals surface area contributed by atoms with Crippen molar-refractivity contribution < 1.29 is 14.0 Å². The lowest BCUT2D eigenvalue weighted by Gasteiger charge is -2.07. The van der Waals surface area contributed by atoms with E-state index in [9.17, 15) is 9.59 Å². The number of aromatic nitrogens is 2. The van der Waals surface area contributed by atoms with Gasteiger partial charge in [-0.3, -0.25) is 10.1 Å². The van der Waals surface area contributed by atoms with Gasteiger partial charge in [0.05, 0.1) is 5.25 Å². The molecule has 0 unspecified atom stereocenters. The van der Waals surface area contributed by atoms with Gasteiger partial charge in [-0.05, 0) is 31.2 Å². The number of carbonyl (C=O) groups is 2. The monoisotopic (exact) mass is 340 g/mol. The van der Waals surface area contributed by atoms with E-state index in [0.717, 1.165) is 17.3 Å². The second kappa shape index (κ2) is 7.28. The molecule has 0 bridgehead atoms. The fourth-order valence-corrected chi connectivity index (χ4v) is 2.26. The molecule has 0 fully saturated rings. The number of benzene rings is 1. The molecule has 7 nitrogen and oxygen atoms in total. The van der Waals surface area contributed by atoms with Gasteiger partial charge in [-0.15, -0.1) is 10.2 Å². The van der Waals surface area contributed by atoms with E-state index in [1.807, 2.05) is 0 Å². The van der Waals surface area contributed by atoms with Gasteiger partial charge in [0.1, 0.15) is 0 Å². The highest BCUT2D eigenvalue weighted by atomic mass is 35.5. The first-order valence-electron chi connectivity index (χ1n) is 6.28. The fourth-order valence-electron chi connectivity index (χ4n) is 1.45. The van der Waals surface area contributed by atoms with Gasteiger partial charge in [0.25, 0.3) is 5.22 Å². The van der Waals surface area contributed by atoms with Gasteiger partial charge in [-0.2, -0.15) is 0 Å². The third kappa shape index (κ3) is 4.22. The van der Waals surface area contributed by atoms with Crippen LogP contribution in [0.1, 0.15) is 6.92 Å². The lowest BCUT2D eigenvalue weighted by Crippen LogP contribution is -2.41. The molecule has 0 saturated heterocycles. The lowest BCUT2D eigenvalue weighted by atomic mass is 10.2. The maximum Gasteiger partial charge on any atom is 0.321 e. The first-order valence-corrected chi connectivity index (χ1v) is 7.54. The maximum absolute atomic E-state index is 11.7. The number of rotatable bonds is 4. The summed E-state index contributed by atoms with van der Waals surface area (Å²) in [6, 6.07) is 6.38. The van der Waals surface area contributed by atoms with Crippen molar-refractivity contribution in [2.45, 2.75) is 17.4 Å². The summed E-state index contributed by atoms with van der Waals surface area (Å²) in [7, 11) is 1.43. The Morgan fingerprint density at radius 3 is 2.59 bits per heavy atom. The quantitative estimate of drug-likeness (QED) is 0.829. The molecule has 1 aromatic carbocycles. The largest absolute Gasteiger partial charge is 0.411 e. The number of hydrogen-bond acceptors (Lipinski definition) is 6. The van der Waals surface area contributed by atoms with Crippen LogP contribution in [0.2, 0.25) is 5.02 Å². The Balaban J connectivity index is 2.01. The van der Waals surface area contributed by atoms with E-state index in [-0.39, 0.29) is 5.22 Å². The third-order valence-electron chi connectivity index (χ3n) is 2.61. The number of halogens is 1. The summed E-state index contributed by atoms with van der Waals surface area (Å²) in [5, 5.41) is 12.6. The Kier molecular flexibility index (Phi) is 5.40. The number of amides is 3. The third-order valence-corrected chi connectivity index (χ3v) is 3.79. The standard InChI is InChI=1S/C13H13ClN4O3S/c1-7(10(19)16-12(20)15-2)22-13-18-17-11(21-13)8-3-5-9(14)6-4-8/h3-7H,1-2H3,(H2,15,16,19,20)/t7-/m0/s1. The van der Waals surface area contributed by atoms with Crippen molar-refractivity contribution in [3.05, 3.63) is 29.3 Å². The highest BCUT2D eigenvalue weighted by Gasteiger charge is 2.20. The van der Waals surface area contributed by atoms with Crippen LogP contribution in [0.15, 0.2) is 33.9 Å². The average molecular weight is 341 g/mol. The molecular weight excluding hydrogens is 328 g/mol. The second-order valence-electron chi connectivity index (χ2n) is 4.21. The number of hydrogen-bond donors (Lipinski definition) is 2. The maximum atomic E-state index is 11.7. The predicted molar refractivity (Wildman–Crippen MR) is 82.7 cm³/mol. The number of carbonyl (C=O) groups excluding carboxylic acids is 2. The summed E-state index contributed by atoms with van der Waals surface area (Å²) in [5.74, 6) is -0.117. The number of urea groups is 1. The molecule has 1 aromatic heterocycles. The Hall–Kier alpha value is -2.06. The summed E-state index contributed by atoms with van der Waals surface area (Å²) >= 11 is 6.88. The molecule has 9 heteroatoms. The zero-order chi connectivity index (χ0) is 16.1. The summed E-state index contributed by atoms with van der Waals surface area (Å²) in [5.41, 5.74) is 0.728. The second-order valence-corrected chi connectivity index (χ2v) is 5.94. The number of nitrogens with one attached hydrogen (secondary N) is 2. The minimum absolute atomic E-state index is 0.240. The molecular formula is C13H13ClN4O3S. The van der Waals surface area contributed by atoms with E-state index in [1.165, 1.54) is 7.05 Å². The topological polar surface area (TPSA) is 97.1 Å². The van der Waals surface area contributed by atoms with Gasteiger partial charge in [0.15, 0.2) is 0 Å². The predicted octanol–water partition coefficient (Wildman–Crippen LogP) is 2.33. The van der Waals surface area contributed by atoms with Crippen molar-refractivity contribution in [1.29, 1.82) is 0 Å². The molecule has 22 heavy (non-hydrogen) atoms. The molecule has 3 amide bonds. The Bertz CT molecular complexity index is 674. The van der Waals surface area contributed by atoms with Gasteiger partial charge in [0, 0.05) is 17.6 Å². The molecule has 2 rings (SSSR count). The van der Waals surface area contributed by atoms with Crippen LogP contribution in [0.25, 0.3) is 11.5 Å². The van der Waals surface area contributed by atoms with E-state index in [2.05, 4.69) is 20.8 Å². The van der Waals surface area contributed by atoms with Crippen molar-refractivity contribution in [1.82, 2.24) is 20.8 Å². The zero-order valence-corrected chi connectivity index (χ0v) is 13.4. The van der Waals surface area contributed by atoms with Crippen molar-refractivity contribution in [3.8, 4) is 11.5 Å². The molecule has 0 spiro atoms. The van der Waals surface area contributed by atoms with Crippen molar-refractivity contribution in [2.75, 3.05) is 7.05 Å². The average Bonchev–Trinajstić information content (AvgIpc) is 2.96. The molecule has 2 aromatic rings. The van der Waals surface area contributed by atoms with E-state index in [4.69, 9.17) is 16.0 Å². The van der Waals surface area contributed by atoms with Crippen molar-refractivity contribution in [2.24, 2.45) is 0 Å². The van der Waals surface area contributed by atoms with Crippen LogP contribution in [0.5, 0.6) is 0 Å². The Morgan fingerprint density at radius 1 is 1.27 bits per heavy atom. The van der Waals surface area contributed by atoms with Gasteiger partial charge < -0.3 is 9.73 Å². The Labute approximate surface area is 135 Å². The summed E-state index contributed by atoms with van der Waals surface area (Å²) < 4.78 is 5.48. The summed E-state index contributed by atoms with van der Waals surface area (Å²) in [4.78, 5) is 22.8. The lowest BCUT2D eigenvalue weighted by molar-refractivity contribution is -0.119. The van der Waals surface area contributed by atoms with E-state index < -0.39 is 17.2 Å². The molecule has 0 aliphatic carbocycles. The fraction of sp³-hybridized carbons (Fsp3) is 0.231. The smallest absolute Gasteiger partial charge is 0.321 e. The van der Waals surface area contributed by atoms with E-state index in [0.29, 0.717) is 10.9 Å². The first-order chi connectivity index (χ1) is 10.5. The van der Waals surface area contributed by atoms with Crippen LogP contribution in [-0.2, 0) is 4.79 Å². The number of thioether (sulfide) groups is 1. The van der Waals surface area contributed by atoms with Crippen LogP contribution in [-0.4, -0.2) is 34.4 Å². The van der Waals surface area contributed by atoms with Gasteiger partial charge in [-0.25, -0.2) is 4.79 Å². The van der Waals surface area contributed by atoms with E-state index in [1.54, 1.807) is 31.2 Å².